The van der Waals surface area contributed by atoms with Crippen LogP contribution in [0.15, 0.2) is 5.11 Å². The van der Waals surface area contributed by atoms with Crippen LogP contribution in [-0.4, -0.2) is 42.6 Å². The molecule has 0 spiro atoms. The van der Waals surface area contributed by atoms with Crippen LogP contribution >= 0.6 is 0 Å². The first kappa shape index (κ1) is 10.7. The van der Waals surface area contributed by atoms with Crippen LogP contribution in [-0.2, 0) is 0 Å². The summed E-state index contributed by atoms with van der Waals surface area (Å²) < 4.78 is 0. The van der Waals surface area contributed by atoms with Crippen molar-refractivity contribution in [3.63, 3.8) is 0 Å². The molecule has 6 nitrogen and oxygen atoms in total. The van der Waals surface area contributed by atoms with Crippen LogP contribution in [0, 0.1) is 5.41 Å². The molecule has 1 rings (SSSR count). The van der Waals surface area contributed by atoms with Crippen LogP contribution in [0.2, 0.25) is 0 Å². The normalized spacial score (nSPS) is 26.0. The summed E-state index contributed by atoms with van der Waals surface area (Å²) in [7, 11) is 3.39. The lowest BCUT2D eigenvalue weighted by molar-refractivity contribution is 0.0463. The van der Waals surface area contributed by atoms with Crippen molar-refractivity contribution in [1.82, 2.24) is 9.80 Å². The Morgan fingerprint density at radius 1 is 1.57 bits per heavy atom. The van der Waals surface area contributed by atoms with Crippen molar-refractivity contribution < 1.29 is 4.79 Å². The summed E-state index contributed by atoms with van der Waals surface area (Å²) in [6.45, 7) is 4.55. The van der Waals surface area contributed by atoms with Gasteiger partial charge in [-0.15, -0.1) is 0 Å². The Bertz CT molecular complexity index is 294. The van der Waals surface area contributed by atoms with E-state index in [1.165, 1.54) is 4.90 Å². The second kappa shape index (κ2) is 3.38. The number of urea groups is 1. The van der Waals surface area contributed by atoms with E-state index in [-0.39, 0.29) is 11.4 Å². The number of carbonyl (C=O) groups excluding carboxylic acids is 1. The second-order valence-corrected chi connectivity index (χ2v) is 4.32. The fourth-order valence-electron chi connectivity index (χ4n) is 1.94. The van der Waals surface area contributed by atoms with Gasteiger partial charge in [-0.25, -0.2) is 4.79 Å². The van der Waals surface area contributed by atoms with Gasteiger partial charge in [0.2, 0.25) is 0 Å². The van der Waals surface area contributed by atoms with Crippen LogP contribution in [0.1, 0.15) is 13.8 Å². The van der Waals surface area contributed by atoms with Gasteiger partial charge < -0.3 is 9.80 Å². The minimum Gasteiger partial charge on any atom is -0.327 e. The van der Waals surface area contributed by atoms with Crippen molar-refractivity contribution in [2.75, 3.05) is 20.6 Å². The van der Waals surface area contributed by atoms with E-state index in [1.54, 1.807) is 19.0 Å². The highest BCUT2D eigenvalue weighted by Gasteiger charge is 2.41. The summed E-state index contributed by atoms with van der Waals surface area (Å²) in [5.74, 6) is 0. The van der Waals surface area contributed by atoms with Gasteiger partial charge in [-0.3, -0.25) is 0 Å². The number of rotatable bonds is 1. The maximum Gasteiger partial charge on any atom is 0.319 e. The number of azide groups is 1. The average Bonchev–Trinajstić information content (AvgIpc) is 2.08. The van der Waals surface area contributed by atoms with E-state index < -0.39 is 6.17 Å². The van der Waals surface area contributed by atoms with Crippen molar-refractivity contribution in [1.29, 1.82) is 0 Å². The van der Waals surface area contributed by atoms with E-state index in [0.29, 0.717) is 6.54 Å². The van der Waals surface area contributed by atoms with E-state index >= 15 is 0 Å². The van der Waals surface area contributed by atoms with Gasteiger partial charge in [-0.1, -0.05) is 19.0 Å². The van der Waals surface area contributed by atoms with Crippen LogP contribution in [0.25, 0.3) is 10.4 Å². The van der Waals surface area contributed by atoms with E-state index in [9.17, 15) is 4.79 Å². The second-order valence-electron chi connectivity index (χ2n) is 4.32. The molecule has 1 aliphatic rings. The molecule has 1 saturated heterocycles. The van der Waals surface area contributed by atoms with Crippen molar-refractivity contribution in [3.8, 4) is 0 Å². The Hall–Kier alpha value is -1.42. The smallest absolute Gasteiger partial charge is 0.319 e. The van der Waals surface area contributed by atoms with Gasteiger partial charge in [0.25, 0.3) is 0 Å². The van der Waals surface area contributed by atoms with Crippen LogP contribution in [0.3, 0.4) is 0 Å². The molecule has 0 N–H and O–H groups in total. The Balaban J connectivity index is 3.01. The summed E-state index contributed by atoms with van der Waals surface area (Å²) in [4.78, 5) is 17.4. The summed E-state index contributed by atoms with van der Waals surface area (Å²) in [6.07, 6.45) is -0.406. The van der Waals surface area contributed by atoms with E-state index in [2.05, 4.69) is 10.0 Å². The lowest BCUT2D eigenvalue weighted by Gasteiger charge is -2.46. The standard InChI is InChI=1S/C8H15N5O/c1-8(2)5-12(3)7(14)13(4)6(8)10-11-9/h6H,5H2,1-4H3. The van der Waals surface area contributed by atoms with Crippen molar-refractivity contribution >= 4 is 6.03 Å². The summed E-state index contributed by atoms with van der Waals surface area (Å²) in [6, 6.07) is -0.110. The number of hydrogen-bond donors (Lipinski definition) is 0. The third-order valence-corrected chi connectivity index (χ3v) is 2.50. The molecule has 14 heavy (non-hydrogen) atoms. The highest BCUT2D eigenvalue weighted by molar-refractivity contribution is 5.75. The zero-order valence-electron chi connectivity index (χ0n) is 8.93. The highest BCUT2D eigenvalue weighted by Crippen LogP contribution is 2.31. The number of hydrogen-bond acceptors (Lipinski definition) is 2. The topological polar surface area (TPSA) is 72.3 Å². The quantitative estimate of drug-likeness (QED) is 0.358. The van der Waals surface area contributed by atoms with Crippen LogP contribution < -0.4 is 0 Å². The Morgan fingerprint density at radius 3 is 2.64 bits per heavy atom. The minimum atomic E-state index is -0.406. The average molecular weight is 197 g/mol. The van der Waals surface area contributed by atoms with E-state index in [0.717, 1.165) is 0 Å². The monoisotopic (exact) mass is 197 g/mol. The summed E-state index contributed by atoms with van der Waals surface area (Å²) >= 11 is 0. The maximum atomic E-state index is 11.6. The molecule has 1 atom stereocenters. The number of carbonyl (C=O) groups is 1. The van der Waals surface area contributed by atoms with Crippen molar-refractivity contribution in [2.45, 2.75) is 20.0 Å². The minimum absolute atomic E-state index is 0.110. The molecule has 0 radical (unpaired) electrons. The zero-order valence-corrected chi connectivity index (χ0v) is 8.93. The number of nitrogens with zero attached hydrogens (tertiary/aromatic N) is 5. The molecule has 1 unspecified atom stereocenters. The van der Waals surface area contributed by atoms with Crippen molar-refractivity contribution in [3.05, 3.63) is 10.4 Å². The molecule has 1 fully saturated rings. The molecule has 1 heterocycles. The lowest BCUT2D eigenvalue weighted by atomic mass is 9.87. The zero-order chi connectivity index (χ0) is 10.9. The first-order valence-corrected chi connectivity index (χ1v) is 4.42. The molecular formula is C8H15N5O. The molecule has 0 aromatic rings. The molecule has 1 aliphatic heterocycles. The summed E-state index contributed by atoms with van der Waals surface area (Å²) in [5, 5.41) is 3.66. The van der Waals surface area contributed by atoms with Gasteiger partial charge in [0.1, 0.15) is 6.17 Å². The molecular weight excluding hydrogens is 182 g/mol. The van der Waals surface area contributed by atoms with Gasteiger partial charge >= 0.3 is 6.03 Å². The third kappa shape index (κ3) is 1.61. The third-order valence-electron chi connectivity index (χ3n) is 2.50. The van der Waals surface area contributed by atoms with Gasteiger partial charge in [-0.05, 0) is 5.53 Å². The Labute approximate surface area is 83.1 Å². The molecule has 0 saturated carbocycles. The van der Waals surface area contributed by atoms with Crippen LogP contribution in [0.4, 0.5) is 4.79 Å². The van der Waals surface area contributed by atoms with Gasteiger partial charge in [0.05, 0.1) is 0 Å². The predicted octanol–water partition coefficient (Wildman–Crippen LogP) is 1.65. The van der Waals surface area contributed by atoms with Crippen molar-refractivity contribution in [2.24, 2.45) is 10.5 Å². The SMILES string of the molecule is CN1CC(C)(C)C(N=[N+]=[N-])N(C)C1=O. The van der Waals surface area contributed by atoms with Gasteiger partial charge in [0.15, 0.2) is 0 Å². The fourth-order valence-corrected chi connectivity index (χ4v) is 1.94. The molecule has 6 heteroatoms. The predicted molar refractivity (Wildman–Crippen MR) is 52.5 cm³/mol. The van der Waals surface area contributed by atoms with Gasteiger partial charge in [-0.2, -0.15) is 0 Å². The van der Waals surface area contributed by atoms with E-state index in [1.807, 2.05) is 13.8 Å². The molecule has 0 aromatic heterocycles. The molecule has 0 aromatic carbocycles. The number of amides is 2. The van der Waals surface area contributed by atoms with Gasteiger partial charge in [0, 0.05) is 31.0 Å². The highest BCUT2D eigenvalue weighted by atomic mass is 16.2. The first-order valence-electron chi connectivity index (χ1n) is 4.42. The molecule has 2 amide bonds. The molecule has 0 aliphatic carbocycles. The summed E-state index contributed by atoms with van der Waals surface area (Å²) in [5.41, 5.74) is 8.21. The Morgan fingerprint density at radius 2 is 2.14 bits per heavy atom. The lowest BCUT2D eigenvalue weighted by Crippen LogP contribution is -2.59. The molecule has 78 valence electrons. The largest absolute Gasteiger partial charge is 0.327 e. The fraction of sp³-hybridized carbons (Fsp3) is 0.875. The van der Waals surface area contributed by atoms with Crippen LogP contribution in [0.5, 0.6) is 0 Å². The van der Waals surface area contributed by atoms with E-state index in [4.69, 9.17) is 5.53 Å². The maximum absolute atomic E-state index is 11.6. The first-order chi connectivity index (χ1) is 6.40. The molecule has 0 bridgehead atoms. The Kier molecular flexibility index (Phi) is 2.57.